The van der Waals surface area contributed by atoms with Crippen molar-refractivity contribution in [3.8, 4) is 0 Å². The zero-order valence-corrected chi connectivity index (χ0v) is 28.0. The molecule has 246 valence electrons. The van der Waals surface area contributed by atoms with Crippen LogP contribution in [0.15, 0.2) is 60.7 Å². The van der Waals surface area contributed by atoms with Crippen molar-refractivity contribution < 1.29 is 47.7 Å². The van der Waals surface area contributed by atoms with Gasteiger partial charge in [0.1, 0.15) is 29.9 Å². The van der Waals surface area contributed by atoms with Gasteiger partial charge in [0, 0.05) is 5.92 Å². The second kappa shape index (κ2) is 20.2. The van der Waals surface area contributed by atoms with Crippen molar-refractivity contribution in [2.45, 2.75) is 59.4 Å². The highest BCUT2D eigenvalue weighted by atomic mass is 127. The second-order valence-corrected chi connectivity index (χ2v) is 11.4. The maximum absolute atomic E-state index is 13.0. The summed E-state index contributed by atoms with van der Waals surface area (Å²) in [5.74, 6) is -3.52. The van der Waals surface area contributed by atoms with Crippen molar-refractivity contribution in [3.63, 3.8) is 0 Å². The first-order valence-corrected chi connectivity index (χ1v) is 16.0. The normalized spacial score (nSPS) is 12.8. The number of ether oxygens (including phenoxy) is 5. The molecule has 0 aromatic heterocycles. The molecular formula is C32H41IN2O10. The van der Waals surface area contributed by atoms with E-state index in [0.717, 1.165) is 11.1 Å². The summed E-state index contributed by atoms with van der Waals surface area (Å²) in [6.45, 7) is 6.35. The lowest BCUT2D eigenvalue weighted by Gasteiger charge is -2.24. The monoisotopic (exact) mass is 740 g/mol. The molecule has 0 heterocycles. The predicted molar refractivity (Wildman–Crippen MR) is 172 cm³/mol. The van der Waals surface area contributed by atoms with Gasteiger partial charge in [0.2, 0.25) is 0 Å². The Hall–Kier alpha value is -3.88. The number of amides is 2. The van der Waals surface area contributed by atoms with Gasteiger partial charge in [0.25, 0.3) is 0 Å². The highest BCUT2D eigenvalue weighted by molar-refractivity contribution is 14.1. The van der Waals surface area contributed by atoms with Gasteiger partial charge in [0.05, 0.1) is 19.6 Å². The van der Waals surface area contributed by atoms with Gasteiger partial charge in [0.15, 0.2) is 0 Å². The van der Waals surface area contributed by atoms with Crippen LogP contribution in [0, 0.1) is 17.8 Å². The van der Waals surface area contributed by atoms with Gasteiger partial charge in [-0.15, -0.1) is 0 Å². The number of alkyl halides is 1. The first kappa shape index (κ1) is 37.3. The first-order chi connectivity index (χ1) is 21.5. The second-order valence-electron chi connectivity index (χ2n) is 10.8. The number of alkyl carbamates (subject to hydrolysis) is 2. The molecule has 45 heavy (non-hydrogen) atoms. The van der Waals surface area contributed by atoms with Crippen molar-refractivity contribution in [2.24, 2.45) is 17.8 Å². The summed E-state index contributed by atoms with van der Waals surface area (Å²) in [5, 5.41) is 5.04. The lowest BCUT2D eigenvalue weighted by molar-refractivity contribution is -0.156. The molecular weight excluding hydrogens is 699 g/mol. The number of nitrogens with one attached hydrogen (secondary N) is 2. The van der Waals surface area contributed by atoms with Gasteiger partial charge in [-0.05, 0) is 45.6 Å². The van der Waals surface area contributed by atoms with Crippen LogP contribution in [0.2, 0.25) is 0 Å². The van der Waals surface area contributed by atoms with Crippen LogP contribution in [0.3, 0.4) is 0 Å². The quantitative estimate of drug-likeness (QED) is 0.0989. The number of halogens is 1. The Morgan fingerprint density at radius 3 is 1.38 bits per heavy atom. The predicted octanol–water partition coefficient (Wildman–Crippen LogP) is 4.92. The maximum atomic E-state index is 13.0. The summed E-state index contributed by atoms with van der Waals surface area (Å²) in [4.78, 5) is 62.9. The Balaban J connectivity index is 1.95. The molecule has 0 aliphatic heterocycles. The van der Waals surface area contributed by atoms with E-state index >= 15 is 0 Å². The molecule has 2 unspecified atom stereocenters. The molecule has 0 aliphatic rings. The fraction of sp³-hybridized carbons (Fsp3) is 0.469. The molecule has 2 amide bonds. The van der Waals surface area contributed by atoms with Gasteiger partial charge >= 0.3 is 30.1 Å². The molecule has 0 fully saturated rings. The molecule has 0 aliphatic carbocycles. The van der Waals surface area contributed by atoms with E-state index in [2.05, 4.69) is 10.6 Å². The molecule has 13 heteroatoms. The van der Waals surface area contributed by atoms with Crippen molar-refractivity contribution in [1.29, 1.82) is 0 Å². The van der Waals surface area contributed by atoms with Crippen molar-refractivity contribution in [3.05, 3.63) is 71.8 Å². The van der Waals surface area contributed by atoms with E-state index in [1.54, 1.807) is 52.0 Å². The number of carbonyl (C=O) groups is 5. The molecule has 0 saturated carbocycles. The topological polar surface area (TPSA) is 156 Å². The molecule has 2 aromatic carbocycles. The van der Waals surface area contributed by atoms with Crippen LogP contribution in [0.25, 0.3) is 0 Å². The third kappa shape index (κ3) is 14.6. The fourth-order valence-electron chi connectivity index (χ4n) is 3.88. The van der Waals surface area contributed by atoms with Gasteiger partial charge in [-0.2, -0.15) is 0 Å². The largest absolute Gasteiger partial charge is 0.464 e. The minimum absolute atomic E-state index is 0.0237. The maximum Gasteiger partial charge on any atom is 0.408 e. The van der Waals surface area contributed by atoms with E-state index in [9.17, 15) is 24.0 Å². The lowest BCUT2D eigenvalue weighted by Crippen LogP contribution is -2.46. The number of esters is 3. The fourth-order valence-corrected chi connectivity index (χ4v) is 4.23. The average Bonchev–Trinajstić information content (AvgIpc) is 3.02. The van der Waals surface area contributed by atoms with E-state index < -0.39 is 48.1 Å². The summed E-state index contributed by atoms with van der Waals surface area (Å²) in [5.41, 5.74) is 1.57. The summed E-state index contributed by atoms with van der Waals surface area (Å²) in [6, 6.07) is 16.1. The summed E-state index contributed by atoms with van der Waals surface area (Å²) in [7, 11) is 0. The van der Waals surface area contributed by atoms with Crippen LogP contribution >= 0.6 is 22.6 Å². The number of hydrogen-bond acceptors (Lipinski definition) is 10. The number of benzene rings is 2. The SMILES string of the molecule is CC(C)C(NC(=O)OCc1ccccc1)C(=O)OCC(COC(=O)C(NC(=O)OCc1ccccc1)C(C)C)CC(=O)OCI. The summed E-state index contributed by atoms with van der Waals surface area (Å²) >= 11 is 1.87. The zero-order chi connectivity index (χ0) is 33.2. The van der Waals surface area contributed by atoms with Gasteiger partial charge in [-0.25, -0.2) is 19.2 Å². The van der Waals surface area contributed by atoms with Crippen molar-refractivity contribution in [1.82, 2.24) is 10.6 Å². The Bertz CT molecular complexity index is 1140. The van der Waals surface area contributed by atoms with Crippen LogP contribution in [-0.2, 0) is 51.3 Å². The Labute approximate surface area is 277 Å². The summed E-state index contributed by atoms with van der Waals surface area (Å²) < 4.78 is 26.5. The van der Waals surface area contributed by atoms with Crippen LogP contribution < -0.4 is 10.6 Å². The minimum atomic E-state index is -1.03. The molecule has 2 aromatic rings. The lowest BCUT2D eigenvalue weighted by atomic mass is 10.0. The summed E-state index contributed by atoms with van der Waals surface area (Å²) in [6.07, 6.45) is -1.79. The molecule has 0 bridgehead atoms. The molecule has 0 spiro atoms. The van der Waals surface area contributed by atoms with Crippen LogP contribution in [0.5, 0.6) is 0 Å². The van der Waals surface area contributed by atoms with E-state index in [0.29, 0.717) is 0 Å². The van der Waals surface area contributed by atoms with E-state index in [1.165, 1.54) is 0 Å². The molecule has 12 nitrogen and oxygen atoms in total. The van der Waals surface area contributed by atoms with E-state index in [-0.39, 0.29) is 49.3 Å². The molecule has 0 radical (unpaired) electrons. The number of hydrogen-bond donors (Lipinski definition) is 2. The van der Waals surface area contributed by atoms with E-state index in [1.807, 2.05) is 59.0 Å². The average molecular weight is 741 g/mol. The molecule has 0 saturated heterocycles. The number of rotatable bonds is 17. The highest BCUT2D eigenvalue weighted by Crippen LogP contribution is 2.13. The number of carbonyl (C=O) groups excluding carboxylic acids is 5. The van der Waals surface area contributed by atoms with Gasteiger partial charge < -0.3 is 34.3 Å². The Morgan fingerprint density at radius 1 is 0.622 bits per heavy atom. The molecule has 2 rings (SSSR count). The van der Waals surface area contributed by atoms with Gasteiger partial charge in [-0.1, -0.05) is 88.4 Å². The van der Waals surface area contributed by atoms with Crippen molar-refractivity contribution >= 4 is 52.7 Å². The first-order valence-electron chi connectivity index (χ1n) is 14.5. The third-order valence-electron chi connectivity index (χ3n) is 6.41. The molecule has 2 N–H and O–H groups in total. The highest BCUT2D eigenvalue weighted by Gasteiger charge is 2.30. The van der Waals surface area contributed by atoms with Crippen LogP contribution in [-0.4, -0.2) is 60.0 Å². The van der Waals surface area contributed by atoms with E-state index in [4.69, 9.17) is 23.7 Å². The van der Waals surface area contributed by atoms with Crippen LogP contribution in [0.1, 0.15) is 45.2 Å². The minimum Gasteiger partial charge on any atom is -0.464 e. The molecule has 2 atom stereocenters. The zero-order valence-electron chi connectivity index (χ0n) is 25.9. The van der Waals surface area contributed by atoms with Gasteiger partial charge in [-0.3, -0.25) is 4.79 Å². The smallest absolute Gasteiger partial charge is 0.408 e. The van der Waals surface area contributed by atoms with Crippen molar-refractivity contribution in [2.75, 3.05) is 17.8 Å². The standard InChI is InChI=1S/C32H41IN2O10/c1-21(2)27(34-31(39)43-16-23-11-7-5-8-12-23)29(37)41-18-25(15-26(36)45-20-33)19-42-30(38)28(22(3)4)35-32(40)44-17-24-13-9-6-10-14-24/h5-14,21-22,25,27-28H,15-20H2,1-4H3,(H,34,39)(H,35,40). The Morgan fingerprint density at radius 2 is 1.02 bits per heavy atom. The third-order valence-corrected chi connectivity index (χ3v) is 6.72. The van der Waals surface area contributed by atoms with Crippen LogP contribution in [0.4, 0.5) is 9.59 Å². The Kier molecular flexibility index (Phi) is 16.8.